The van der Waals surface area contributed by atoms with E-state index in [0.717, 1.165) is 12.8 Å². The fourth-order valence-corrected chi connectivity index (χ4v) is 1.88. The van der Waals surface area contributed by atoms with Crippen molar-refractivity contribution in [3.63, 3.8) is 0 Å². The van der Waals surface area contributed by atoms with Crippen LogP contribution in [-0.4, -0.2) is 20.0 Å². The van der Waals surface area contributed by atoms with Crippen molar-refractivity contribution in [1.29, 1.82) is 0 Å². The molecule has 18 heavy (non-hydrogen) atoms. The molecule has 0 saturated carbocycles. The minimum absolute atomic E-state index is 0.0978. The molecule has 1 aliphatic heterocycles. The molecular formula is C14H16O4. The van der Waals surface area contributed by atoms with Crippen LogP contribution in [0.1, 0.15) is 30.1 Å². The van der Waals surface area contributed by atoms with Crippen molar-refractivity contribution in [2.45, 2.75) is 19.8 Å². The highest BCUT2D eigenvalue weighted by molar-refractivity contribution is 6.13. The summed E-state index contributed by atoms with van der Waals surface area (Å²) in [4.78, 5) is 12.1. The fraction of sp³-hybridized carbons (Fsp3) is 0.357. The second kappa shape index (κ2) is 5.12. The molecule has 0 spiro atoms. The highest BCUT2D eigenvalue weighted by atomic mass is 16.5. The molecule has 0 saturated heterocycles. The van der Waals surface area contributed by atoms with Crippen molar-refractivity contribution in [1.82, 2.24) is 0 Å². The molecule has 0 radical (unpaired) electrons. The average molecular weight is 248 g/mol. The SMILES string of the molecule is CCC/C=C1/Oc2c(ccc(OC)c2OC)C1=O. The first kappa shape index (κ1) is 12.5. The molecule has 0 aliphatic carbocycles. The predicted molar refractivity (Wildman–Crippen MR) is 67.5 cm³/mol. The number of carbonyl (C=O) groups is 1. The van der Waals surface area contributed by atoms with Crippen molar-refractivity contribution < 1.29 is 19.0 Å². The lowest BCUT2D eigenvalue weighted by Gasteiger charge is -2.10. The Morgan fingerprint density at radius 1 is 1.28 bits per heavy atom. The van der Waals surface area contributed by atoms with E-state index in [9.17, 15) is 4.79 Å². The lowest BCUT2D eigenvalue weighted by molar-refractivity contribution is 0.101. The first-order valence-electron chi connectivity index (χ1n) is 5.90. The zero-order valence-electron chi connectivity index (χ0n) is 10.8. The van der Waals surface area contributed by atoms with Gasteiger partial charge in [-0.25, -0.2) is 0 Å². The Hall–Kier alpha value is -1.97. The van der Waals surface area contributed by atoms with E-state index in [2.05, 4.69) is 0 Å². The molecule has 0 atom stereocenters. The second-order valence-electron chi connectivity index (χ2n) is 3.97. The molecule has 0 amide bonds. The molecule has 0 unspecified atom stereocenters. The van der Waals surface area contributed by atoms with Crippen LogP contribution in [0.25, 0.3) is 0 Å². The molecule has 0 bridgehead atoms. The maximum Gasteiger partial charge on any atom is 0.231 e. The smallest absolute Gasteiger partial charge is 0.231 e. The van der Waals surface area contributed by atoms with Crippen molar-refractivity contribution >= 4 is 5.78 Å². The van der Waals surface area contributed by atoms with Crippen molar-refractivity contribution in [3.8, 4) is 17.2 Å². The van der Waals surface area contributed by atoms with Crippen molar-refractivity contribution in [2.75, 3.05) is 14.2 Å². The Kier molecular flexibility index (Phi) is 3.55. The number of rotatable bonds is 4. The van der Waals surface area contributed by atoms with Gasteiger partial charge in [-0.3, -0.25) is 4.79 Å². The Labute approximate surface area is 106 Å². The maximum absolute atomic E-state index is 12.1. The van der Waals surface area contributed by atoms with Gasteiger partial charge >= 0.3 is 0 Å². The molecular weight excluding hydrogens is 232 g/mol. The lowest BCUT2D eigenvalue weighted by atomic mass is 10.1. The van der Waals surface area contributed by atoms with Gasteiger partial charge in [-0.1, -0.05) is 13.3 Å². The number of hydrogen-bond donors (Lipinski definition) is 0. The van der Waals surface area contributed by atoms with Gasteiger partial charge in [-0.05, 0) is 24.6 Å². The van der Waals surface area contributed by atoms with Crippen LogP contribution >= 0.6 is 0 Å². The Balaban J connectivity index is 2.45. The summed E-state index contributed by atoms with van der Waals surface area (Å²) in [7, 11) is 3.08. The Morgan fingerprint density at radius 3 is 2.67 bits per heavy atom. The summed E-state index contributed by atoms with van der Waals surface area (Å²) in [6, 6.07) is 3.41. The van der Waals surface area contributed by atoms with E-state index in [1.54, 1.807) is 19.2 Å². The number of carbonyl (C=O) groups excluding carboxylic acids is 1. The number of benzene rings is 1. The third-order valence-corrected chi connectivity index (χ3v) is 2.80. The van der Waals surface area contributed by atoms with E-state index in [-0.39, 0.29) is 5.78 Å². The number of allylic oxidation sites excluding steroid dienone is 2. The summed E-state index contributed by atoms with van der Waals surface area (Å²) in [5.41, 5.74) is 0.523. The molecule has 1 aliphatic rings. The number of ketones is 1. The molecule has 1 aromatic carbocycles. The summed E-state index contributed by atoms with van der Waals surface area (Å²) in [6.07, 6.45) is 3.60. The van der Waals surface area contributed by atoms with Crippen LogP contribution in [-0.2, 0) is 0 Å². The summed E-state index contributed by atoms with van der Waals surface area (Å²) in [6.45, 7) is 2.05. The number of methoxy groups -OCH3 is 2. The summed E-state index contributed by atoms with van der Waals surface area (Å²) in [5.74, 6) is 1.74. The summed E-state index contributed by atoms with van der Waals surface area (Å²) >= 11 is 0. The number of hydrogen-bond acceptors (Lipinski definition) is 4. The predicted octanol–water partition coefficient (Wildman–Crippen LogP) is 2.96. The third-order valence-electron chi connectivity index (χ3n) is 2.80. The minimum Gasteiger partial charge on any atom is -0.493 e. The number of Topliss-reactive ketones (excluding diaryl/α,β-unsaturated/α-hetero) is 1. The van der Waals surface area contributed by atoms with Crippen LogP contribution in [0.4, 0.5) is 0 Å². The van der Waals surface area contributed by atoms with Gasteiger partial charge < -0.3 is 14.2 Å². The average Bonchev–Trinajstić information content (AvgIpc) is 2.72. The zero-order valence-corrected chi connectivity index (χ0v) is 10.8. The monoisotopic (exact) mass is 248 g/mol. The van der Waals surface area contributed by atoms with Crippen molar-refractivity contribution in [2.24, 2.45) is 0 Å². The van der Waals surface area contributed by atoms with Gasteiger partial charge in [0.1, 0.15) is 0 Å². The van der Waals surface area contributed by atoms with Gasteiger partial charge in [-0.2, -0.15) is 0 Å². The largest absolute Gasteiger partial charge is 0.493 e. The maximum atomic E-state index is 12.1. The molecule has 96 valence electrons. The standard InChI is InChI=1S/C14H16O4/c1-4-5-6-10-12(15)9-7-8-11(16-2)14(17-3)13(9)18-10/h6-8H,4-5H2,1-3H3/b10-6+. The highest BCUT2D eigenvalue weighted by Crippen LogP contribution is 2.45. The molecule has 0 fully saturated rings. The van der Waals surface area contributed by atoms with Gasteiger partial charge in [0.15, 0.2) is 17.3 Å². The number of unbranched alkanes of at least 4 members (excludes halogenated alkanes) is 1. The van der Waals surface area contributed by atoms with Gasteiger partial charge in [0, 0.05) is 0 Å². The van der Waals surface area contributed by atoms with Crippen molar-refractivity contribution in [3.05, 3.63) is 29.5 Å². The van der Waals surface area contributed by atoms with Crippen LogP contribution in [0.2, 0.25) is 0 Å². The number of ether oxygens (including phenoxy) is 3. The minimum atomic E-state index is -0.0978. The van der Waals surface area contributed by atoms with Gasteiger partial charge in [-0.15, -0.1) is 0 Å². The lowest BCUT2D eigenvalue weighted by Crippen LogP contribution is -1.97. The van der Waals surface area contributed by atoms with E-state index < -0.39 is 0 Å². The van der Waals surface area contributed by atoms with Crippen LogP contribution in [0.5, 0.6) is 17.2 Å². The Morgan fingerprint density at radius 2 is 2.06 bits per heavy atom. The quantitative estimate of drug-likeness (QED) is 0.768. The molecule has 1 heterocycles. The fourth-order valence-electron chi connectivity index (χ4n) is 1.88. The normalized spacial score (nSPS) is 15.5. The first-order chi connectivity index (χ1) is 8.72. The highest BCUT2D eigenvalue weighted by Gasteiger charge is 2.31. The van der Waals surface area contributed by atoms with E-state index in [0.29, 0.717) is 28.6 Å². The van der Waals surface area contributed by atoms with Gasteiger partial charge in [0.05, 0.1) is 19.8 Å². The van der Waals surface area contributed by atoms with Crippen LogP contribution in [0.15, 0.2) is 24.0 Å². The van der Waals surface area contributed by atoms with Crippen LogP contribution in [0, 0.1) is 0 Å². The molecule has 0 N–H and O–H groups in total. The van der Waals surface area contributed by atoms with Gasteiger partial charge in [0.25, 0.3) is 0 Å². The molecule has 1 aromatic rings. The second-order valence-corrected chi connectivity index (χ2v) is 3.97. The van der Waals surface area contributed by atoms with Crippen LogP contribution < -0.4 is 14.2 Å². The number of fused-ring (bicyclic) bond motifs is 1. The molecule has 2 rings (SSSR count). The molecule has 0 aromatic heterocycles. The first-order valence-corrected chi connectivity index (χ1v) is 5.90. The van der Waals surface area contributed by atoms with E-state index in [1.807, 2.05) is 13.0 Å². The topological polar surface area (TPSA) is 44.8 Å². The van der Waals surface area contributed by atoms with E-state index in [4.69, 9.17) is 14.2 Å². The van der Waals surface area contributed by atoms with E-state index in [1.165, 1.54) is 7.11 Å². The van der Waals surface area contributed by atoms with E-state index >= 15 is 0 Å². The molecule has 4 heteroatoms. The van der Waals surface area contributed by atoms with Crippen LogP contribution in [0.3, 0.4) is 0 Å². The summed E-state index contributed by atoms with van der Waals surface area (Å²) in [5, 5.41) is 0. The van der Waals surface area contributed by atoms with Gasteiger partial charge in [0.2, 0.25) is 11.5 Å². The molecule has 4 nitrogen and oxygen atoms in total. The summed E-state index contributed by atoms with van der Waals surface area (Å²) < 4.78 is 16.0. The zero-order chi connectivity index (χ0) is 13.1. The Bertz CT molecular complexity index is 503. The third kappa shape index (κ3) is 1.94.